The van der Waals surface area contributed by atoms with Crippen molar-refractivity contribution >= 4 is 23.1 Å². The number of nitrogens with two attached hydrogens (primary N) is 1. The highest BCUT2D eigenvalue weighted by Gasteiger charge is 2.21. The molecule has 0 aliphatic carbocycles. The Bertz CT molecular complexity index is 512. The lowest BCUT2D eigenvalue weighted by molar-refractivity contribution is 0.222. The molecule has 2 rings (SSSR count). The molecule has 6 heteroatoms. The average Bonchev–Trinajstić information content (AvgIpc) is 2.48. The summed E-state index contributed by atoms with van der Waals surface area (Å²) < 4.78 is 0. The van der Waals surface area contributed by atoms with Crippen molar-refractivity contribution in [2.24, 2.45) is 16.8 Å². The van der Waals surface area contributed by atoms with Crippen LogP contribution < -0.4 is 10.6 Å². The Kier molecular flexibility index (Phi) is 5.31. The lowest BCUT2D eigenvalue weighted by Crippen LogP contribution is -2.36. The lowest BCUT2D eigenvalue weighted by atomic mass is 9.96. The van der Waals surface area contributed by atoms with Crippen LogP contribution in [0.4, 0.5) is 5.69 Å². The molecule has 0 unspecified atom stereocenters. The largest absolute Gasteiger partial charge is 0.409 e. The zero-order valence-electron chi connectivity index (χ0n) is 12.6. The van der Waals surface area contributed by atoms with Gasteiger partial charge >= 0.3 is 0 Å². The van der Waals surface area contributed by atoms with E-state index in [1.54, 1.807) is 6.07 Å². The van der Waals surface area contributed by atoms with Crippen molar-refractivity contribution in [2.75, 3.05) is 38.6 Å². The Labute approximate surface area is 131 Å². The Morgan fingerprint density at radius 1 is 1.48 bits per heavy atom. The molecule has 0 amide bonds. The zero-order valence-corrected chi connectivity index (χ0v) is 13.3. The van der Waals surface area contributed by atoms with E-state index in [1.807, 2.05) is 19.2 Å². The molecule has 1 heterocycles. The summed E-state index contributed by atoms with van der Waals surface area (Å²) in [6.45, 7) is 3.22. The lowest BCUT2D eigenvalue weighted by Gasteiger charge is -2.33. The summed E-state index contributed by atoms with van der Waals surface area (Å²) in [4.78, 5) is 4.51. The van der Waals surface area contributed by atoms with Crippen LogP contribution in [0.15, 0.2) is 23.4 Å². The summed E-state index contributed by atoms with van der Waals surface area (Å²) in [5.41, 5.74) is 7.26. The number of piperidine rings is 1. The van der Waals surface area contributed by atoms with Crippen LogP contribution in [0.3, 0.4) is 0 Å². The van der Waals surface area contributed by atoms with E-state index in [2.05, 4.69) is 22.0 Å². The molecule has 1 aliphatic heterocycles. The topological polar surface area (TPSA) is 65.1 Å². The molecule has 116 valence electrons. The molecule has 1 saturated heterocycles. The fraction of sp³-hybridized carbons (Fsp3) is 0.533. The minimum absolute atomic E-state index is 0.0471. The Morgan fingerprint density at radius 3 is 2.76 bits per heavy atom. The van der Waals surface area contributed by atoms with Gasteiger partial charge in [0.2, 0.25) is 0 Å². The van der Waals surface area contributed by atoms with E-state index < -0.39 is 0 Å². The molecule has 1 aromatic rings. The summed E-state index contributed by atoms with van der Waals surface area (Å²) in [6.07, 6.45) is 2.39. The Hall–Kier alpha value is -1.46. The third kappa shape index (κ3) is 3.80. The second-order valence-corrected chi connectivity index (χ2v) is 6.15. The standard InChI is InChI=1S/C15H23ClN4O/c1-19-8-6-11(7-9-19)10-20(2)13-5-3-4-12(16)14(13)15(17)18-21/h3-5,11,21H,6-10H2,1-2H3,(H2,17,18). The number of nitrogens with zero attached hydrogens (tertiary/aromatic N) is 3. The number of hydrogen-bond acceptors (Lipinski definition) is 4. The van der Waals surface area contributed by atoms with Crippen LogP contribution in [0.5, 0.6) is 0 Å². The van der Waals surface area contributed by atoms with Crippen LogP contribution in [0.25, 0.3) is 0 Å². The van der Waals surface area contributed by atoms with E-state index in [0.717, 1.165) is 25.3 Å². The summed E-state index contributed by atoms with van der Waals surface area (Å²) in [6, 6.07) is 5.59. The summed E-state index contributed by atoms with van der Waals surface area (Å²) >= 11 is 6.20. The molecular weight excluding hydrogens is 288 g/mol. The predicted octanol–water partition coefficient (Wildman–Crippen LogP) is 2.21. The fourth-order valence-corrected chi connectivity index (χ4v) is 3.13. The smallest absolute Gasteiger partial charge is 0.173 e. The van der Waals surface area contributed by atoms with Gasteiger partial charge in [-0.15, -0.1) is 0 Å². The first kappa shape index (κ1) is 15.9. The number of hydrogen-bond donors (Lipinski definition) is 2. The summed E-state index contributed by atoms with van der Waals surface area (Å²) in [5.74, 6) is 0.705. The van der Waals surface area contributed by atoms with E-state index in [0.29, 0.717) is 16.5 Å². The molecule has 21 heavy (non-hydrogen) atoms. The molecule has 0 atom stereocenters. The molecular formula is C15H23ClN4O. The van der Waals surface area contributed by atoms with Crippen LogP contribution in [0.1, 0.15) is 18.4 Å². The second-order valence-electron chi connectivity index (χ2n) is 5.75. The molecule has 1 aromatic carbocycles. The first-order chi connectivity index (χ1) is 10.0. The zero-order chi connectivity index (χ0) is 15.4. The summed E-state index contributed by atoms with van der Waals surface area (Å²) in [7, 11) is 4.19. The predicted molar refractivity (Wildman–Crippen MR) is 87.5 cm³/mol. The highest BCUT2D eigenvalue weighted by Crippen LogP contribution is 2.28. The van der Waals surface area contributed by atoms with Crippen molar-refractivity contribution in [2.45, 2.75) is 12.8 Å². The fourth-order valence-electron chi connectivity index (χ4n) is 2.86. The van der Waals surface area contributed by atoms with Crippen molar-refractivity contribution in [3.05, 3.63) is 28.8 Å². The van der Waals surface area contributed by atoms with Gasteiger partial charge in [0.15, 0.2) is 5.84 Å². The number of anilines is 1. The van der Waals surface area contributed by atoms with Crippen LogP contribution in [-0.2, 0) is 0 Å². The van der Waals surface area contributed by atoms with Crippen LogP contribution in [0.2, 0.25) is 5.02 Å². The third-order valence-corrected chi connectivity index (χ3v) is 4.45. The van der Waals surface area contributed by atoms with E-state index in [4.69, 9.17) is 22.5 Å². The van der Waals surface area contributed by atoms with E-state index >= 15 is 0 Å². The quantitative estimate of drug-likeness (QED) is 0.387. The van der Waals surface area contributed by atoms with Gasteiger partial charge in [-0.25, -0.2) is 0 Å². The summed E-state index contributed by atoms with van der Waals surface area (Å²) in [5, 5.41) is 12.5. The van der Waals surface area contributed by atoms with Gasteiger partial charge in [0.05, 0.1) is 10.6 Å². The molecule has 3 N–H and O–H groups in total. The Balaban J connectivity index is 2.15. The van der Waals surface area contributed by atoms with Crippen molar-refractivity contribution in [1.82, 2.24) is 4.90 Å². The van der Waals surface area contributed by atoms with E-state index in [1.165, 1.54) is 12.8 Å². The maximum absolute atomic E-state index is 8.95. The molecule has 1 fully saturated rings. The maximum Gasteiger partial charge on any atom is 0.173 e. The number of halogens is 1. The number of oxime groups is 1. The number of amidine groups is 1. The highest BCUT2D eigenvalue weighted by atomic mass is 35.5. The maximum atomic E-state index is 8.95. The third-order valence-electron chi connectivity index (χ3n) is 4.14. The monoisotopic (exact) mass is 310 g/mol. The number of likely N-dealkylation sites (tertiary alicyclic amines) is 1. The molecule has 5 nitrogen and oxygen atoms in total. The first-order valence-corrected chi connectivity index (χ1v) is 7.56. The van der Waals surface area contributed by atoms with Crippen molar-refractivity contribution in [3.8, 4) is 0 Å². The molecule has 0 bridgehead atoms. The highest BCUT2D eigenvalue weighted by molar-refractivity contribution is 6.34. The molecule has 0 saturated carbocycles. The molecule has 0 spiro atoms. The second kappa shape index (κ2) is 7.00. The Morgan fingerprint density at radius 2 is 2.14 bits per heavy atom. The van der Waals surface area contributed by atoms with Gasteiger partial charge in [-0.2, -0.15) is 0 Å². The van der Waals surface area contributed by atoms with Crippen molar-refractivity contribution < 1.29 is 5.21 Å². The van der Waals surface area contributed by atoms with Crippen LogP contribution in [-0.4, -0.2) is 49.7 Å². The van der Waals surface area contributed by atoms with Crippen molar-refractivity contribution in [1.29, 1.82) is 0 Å². The normalized spacial score (nSPS) is 18.0. The first-order valence-electron chi connectivity index (χ1n) is 7.19. The molecule has 0 radical (unpaired) electrons. The minimum atomic E-state index is 0.0471. The number of rotatable bonds is 4. The van der Waals surface area contributed by atoms with Gasteiger partial charge in [-0.05, 0) is 51.0 Å². The SMILES string of the molecule is CN1CCC(CN(C)c2cccc(Cl)c2C(N)=NO)CC1. The molecule has 1 aliphatic rings. The van der Waals surface area contributed by atoms with Gasteiger partial charge in [0.1, 0.15) is 0 Å². The van der Waals surface area contributed by atoms with Crippen LogP contribution >= 0.6 is 11.6 Å². The number of benzene rings is 1. The average molecular weight is 311 g/mol. The van der Waals surface area contributed by atoms with Gasteiger partial charge in [-0.1, -0.05) is 22.8 Å². The van der Waals surface area contributed by atoms with Crippen LogP contribution in [0, 0.1) is 5.92 Å². The van der Waals surface area contributed by atoms with E-state index in [-0.39, 0.29) is 5.84 Å². The van der Waals surface area contributed by atoms with Gasteiger partial charge in [-0.3, -0.25) is 0 Å². The van der Waals surface area contributed by atoms with Gasteiger partial charge in [0.25, 0.3) is 0 Å². The van der Waals surface area contributed by atoms with Gasteiger partial charge in [0, 0.05) is 19.3 Å². The van der Waals surface area contributed by atoms with Crippen molar-refractivity contribution in [3.63, 3.8) is 0 Å². The van der Waals surface area contributed by atoms with E-state index in [9.17, 15) is 0 Å². The van der Waals surface area contributed by atoms with Gasteiger partial charge < -0.3 is 20.7 Å². The minimum Gasteiger partial charge on any atom is -0.409 e. The molecule has 0 aromatic heterocycles.